The minimum Gasteiger partial charge on any atom is -0.480 e. The molecule has 0 spiro atoms. The van der Waals surface area contributed by atoms with Gasteiger partial charge in [0.1, 0.15) is 18.4 Å². The molecule has 114 valence electrons. The van der Waals surface area contributed by atoms with E-state index in [-0.39, 0.29) is 30.8 Å². The van der Waals surface area contributed by atoms with E-state index in [1.807, 2.05) is 0 Å². The van der Waals surface area contributed by atoms with Crippen molar-refractivity contribution >= 4 is 36.3 Å². The molecule has 0 bridgehead atoms. The van der Waals surface area contributed by atoms with E-state index in [0.29, 0.717) is 0 Å². The molecule has 0 aromatic carbocycles. The zero-order valence-electron chi connectivity index (χ0n) is 10.7. The number of thiol groups is 1. The van der Waals surface area contributed by atoms with Crippen molar-refractivity contribution in [2.75, 3.05) is 12.3 Å². The summed E-state index contributed by atoms with van der Waals surface area (Å²) in [6, 6.07) is -1.12. The van der Waals surface area contributed by atoms with Gasteiger partial charge in [0.15, 0.2) is 0 Å². The zero-order chi connectivity index (χ0) is 15.7. The lowest BCUT2D eigenvalue weighted by Gasteiger charge is -2.13. The predicted molar refractivity (Wildman–Crippen MR) is 72.5 cm³/mol. The van der Waals surface area contributed by atoms with Crippen LogP contribution < -0.4 is 11.1 Å². The average Bonchev–Trinajstić information content (AvgIpc) is 2.38. The summed E-state index contributed by atoms with van der Waals surface area (Å²) < 4.78 is 0. The molecule has 0 aromatic rings. The van der Waals surface area contributed by atoms with Crippen molar-refractivity contribution in [1.29, 1.82) is 0 Å². The summed E-state index contributed by atoms with van der Waals surface area (Å²) in [5.41, 5.74) is 5.26. The third-order valence-electron chi connectivity index (χ3n) is 2.53. The second kappa shape index (κ2) is 9.32. The van der Waals surface area contributed by atoms with E-state index in [4.69, 9.17) is 15.9 Å². The molecule has 0 saturated carbocycles. The van der Waals surface area contributed by atoms with E-state index in [2.05, 4.69) is 17.9 Å². The number of carboxylic acids is 2. The van der Waals surface area contributed by atoms with E-state index in [1.54, 1.807) is 0 Å². The molecule has 2 unspecified atom stereocenters. The third-order valence-corrected chi connectivity index (χ3v) is 2.97. The van der Waals surface area contributed by atoms with Gasteiger partial charge in [0, 0.05) is 18.6 Å². The molecule has 0 aromatic heterocycles. The molecule has 0 rings (SSSR count). The third kappa shape index (κ3) is 7.74. The Morgan fingerprint density at radius 3 is 2.25 bits per heavy atom. The molecule has 0 radical (unpaired) electrons. The Morgan fingerprint density at radius 1 is 1.20 bits per heavy atom. The van der Waals surface area contributed by atoms with Gasteiger partial charge in [0.05, 0.1) is 5.92 Å². The summed E-state index contributed by atoms with van der Waals surface area (Å²) in [6.45, 7) is -0.527. The lowest BCUT2D eigenvalue weighted by atomic mass is 9.99. The van der Waals surface area contributed by atoms with Crippen LogP contribution in [0.3, 0.4) is 0 Å². The molecule has 0 heterocycles. The highest BCUT2D eigenvalue weighted by Crippen LogP contribution is 2.10. The molecule has 1 amide bonds. The molecule has 5 N–H and O–H groups in total. The van der Waals surface area contributed by atoms with Crippen molar-refractivity contribution in [2.24, 2.45) is 11.7 Å². The minimum atomic E-state index is -1.19. The van der Waals surface area contributed by atoms with E-state index in [1.165, 1.54) is 0 Å². The number of nitrogens with two attached hydrogens (primary N) is 1. The smallest absolute Gasteiger partial charge is 0.322 e. The molecule has 0 aliphatic rings. The maximum atomic E-state index is 11.6. The van der Waals surface area contributed by atoms with E-state index in [9.17, 15) is 19.2 Å². The van der Waals surface area contributed by atoms with Crippen molar-refractivity contribution in [3.63, 3.8) is 0 Å². The Hall–Kier alpha value is -1.61. The van der Waals surface area contributed by atoms with E-state index in [0.717, 1.165) is 0 Å². The molecule has 2 atom stereocenters. The molecule has 0 saturated heterocycles. The van der Waals surface area contributed by atoms with Gasteiger partial charge >= 0.3 is 11.9 Å². The minimum absolute atomic E-state index is 0.00972. The second-order valence-corrected chi connectivity index (χ2v) is 4.58. The number of ketones is 1. The fourth-order valence-electron chi connectivity index (χ4n) is 1.36. The lowest BCUT2D eigenvalue weighted by molar-refractivity contribution is -0.139. The van der Waals surface area contributed by atoms with Crippen LogP contribution in [0.15, 0.2) is 0 Å². The number of hydrogen-bond donors (Lipinski definition) is 5. The molecule has 0 fully saturated rings. The van der Waals surface area contributed by atoms with Crippen molar-refractivity contribution < 1.29 is 29.4 Å². The van der Waals surface area contributed by atoms with Gasteiger partial charge in [-0.3, -0.25) is 19.2 Å². The maximum absolute atomic E-state index is 11.6. The van der Waals surface area contributed by atoms with Crippen molar-refractivity contribution in [3.8, 4) is 0 Å². The summed E-state index contributed by atoms with van der Waals surface area (Å²) >= 11 is 3.94. The van der Waals surface area contributed by atoms with Crippen LogP contribution in [0.1, 0.15) is 19.3 Å². The number of amides is 1. The van der Waals surface area contributed by atoms with Crippen LogP contribution in [0.4, 0.5) is 0 Å². The van der Waals surface area contributed by atoms with Gasteiger partial charge in [-0.05, 0) is 6.42 Å². The van der Waals surface area contributed by atoms with Gasteiger partial charge in [0.25, 0.3) is 0 Å². The monoisotopic (exact) mass is 306 g/mol. The highest BCUT2D eigenvalue weighted by atomic mass is 32.1. The fourth-order valence-corrected chi connectivity index (χ4v) is 1.66. The molecular weight excluding hydrogens is 288 g/mol. The number of Topliss-reactive ketones (excluding diaryl/α,β-unsaturated/α-hetero) is 1. The second-order valence-electron chi connectivity index (χ2n) is 4.22. The Balaban J connectivity index is 4.21. The number of carboxylic acid groups (broad SMARTS) is 2. The molecule has 20 heavy (non-hydrogen) atoms. The Morgan fingerprint density at radius 2 is 1.80 bits per heavy atom. The van der Waals surface area contributed by atoms with Crippen LogP contribution in [-0.4, -0.2) is 52.2 Å². The first-order chi connectivity index (χ1) is 9.27. The molecule has 8 nitrogen and oxygen atoms in total. The average molecular weight is 306 g/mol. The highest BCUT2D eigenvalue weighted by molar-refractivity contribution is 7.80. The summed E-state index contributed by atoms with van der Waals surface area (Å²) in [7, 11) is 0. The van der Waals surface area contributed by atoms with Crippen LogP contribution >= 0.6 is 12.6 Å². The van der Waals surface area contributed by atoms with Crippen LogP contribution in [0.2, 0.25) is 0 Å². The van der Waals surface area contributed by atoms with Crippen molar-refractivity contribution in [1.82, 2.24) is 5.32 Å². The normalized spacial score (nSPS) is 13.3. The number of aliphatic carboxylic acids is 2. The van der Waals surface area contributed by atoms with E-state index >= 15 is 0 Å². The summed E-state index contributed by atoms with van der Waals surface area (Å²) in [4.78, 5) is 44.0. The van der Waals surface area contributed by atoms with Gasteiger partial charge in [-0.1, -0.05) is 0 Å². The first-order valence-electron chi connectivity index (χ1n) is 5.88. The van der Waals surface area contributed by atoms with Crippen LogP contribution in [0.25, 0.3) is 0 Å². The zero-order valence-corrected chi connectivity index (χ0v) is 11.6. The van der Waals surface area contributed by atoms with Crippen LogP contribution in [-0.2, 0) is 19.2 Å². The molecule has 0 aliphatic carbocycles. The van der Waals surface area contributed by atoms with Crippen molar-refractivity contribution in [2.45, 2.75) is 25.3 Å². The summed E-state index contributed by atoms with van der Waals surface area (Å²) in [6.07, 6.45) is -0.185. The first kappa shape index (κ1) is 18.4. The fraction of sp³-hybridized carbons (Fsp3) is 0.636. The highest BCUT2D eigenvalue weighted by Gasteiger charge is 2.22. The standard InChI is InChI=1S/C11H18N2O6S/c12-8(11(18)19)2-1-7(14)3-6(5-20)10(17)13-4-9(15)16/h6,8,20H,1-5,12H2,(H,13,17)(H,15,16)(H,18,19). The largest absolute Gasteiger partial charge is 0.480 e. The quantitative estimate of drug-likeness (QED) is 0.321. The maximum Gasteiger partial charge on any atom is 0.322 e. The summed E-state index contributed by atoms with van der Waals surface area (Å²) in [5, 5.41) is 19.2. The Kier molecular flexibility index (Phi) is 8.57. The number of rotatable bonds is 10. The van der Waals surface area contributed by atoms with Gasteiger partial charge in [-0.15, -0.1) is 0 Å². The Labute approximate surface area is 121 Å². The van der Waals surface area contributed by atoms with Gasteiger partial charge < -0.3 is 21.3 Å². The van der Waals surface area contributed by atoms with Gasteiger partial charge in [-0.25, -0.2) is 0 Å². The van der Waals surface area contributed by atoms with Crippen LogP contribution in [0.5, 0.6) is 0 Å². The summed E-state index contributed by atoms with van der Waals surface area (Å²) in [5.74, 6) is -3.92. The Bertz CT molecular complexity index is 387. The van der Waals surface area contributed by atoms with Crippen molar-refractivity contribution in [3.05, 3.63) is 0 Å². The molecular formula is C11H18N2O6S. The molecule has 9 heteroatoms. The topological polar surface area (TPSA) is 147 Å². The number of nitrogens with one attached hydrogen (secondary N) is 1. The first-order valence-corrected chi connectivity index (χ1v) is 6.51. The number of carbonyl (C=O) groups excluding carboxylic acids is 2. The number of carbonyl (C=O) groups is 4. The lowest BCUT2D eigenvalue weighted by Crippen LogP contribution is -2.36. The predicted octanol–water partition coefficient (Wildman–Crippen LogP) is -1.12. The number of hydrogen-bond acceptors (Lipinski definition) is 6. The van der Waals surface area contributed by atoms with Gasteiger partial charge in [-0.2, -0.15) is 12.6 Å². The SMILES string of the molecule is NC(CCC(=O)CC(CS)C(=O)NCC(=O)O)C(=O)O. The van der Waals surface area contributed by atoms with Crippen LogP contribution in [0, 0.1) is 5.92 Å². The van der Waals surface area contributed by atoms with Gasteiger partial charge in [0.2, 0.25) is 5.91 Å². The van der Waals surface area contributed by atoms with E-state index < -0.39 is 36.4 Å². The molecule has 0 aliphatic heterocycles.